The van der Waals surface area contributed by atoms with Crippen LogP contribution in [0.4, 0.5) is 5.69 Å². The summed E-state index contributed by atoms with van der Waals surface area (Å²) in [5.41, 5.74) is 12.0. The topological polar surface area (TPSA) is 75.4 Å². The van der Waals surface area contributed by atoms with Crippen molar-refractivity contribution in [2.24, 2.45) is 11.7 Å². The predicted molar refractivity (Wildman–Crippen MR) is 111 cm³/mol. The number of carbonyl (C=O) groups is 2. The molecule has 0 radical (unpaired) electrons. The second-order valence-electron chi connectivity index (χ2n) is 7.22. The Balaban J connectivity index is 0.00000261. The highest BCUT2D eigenvalue weighted by Crippen LogP contribution is 2.42. The first kappa shape index (κ1) is 20.9. The standard InChI is InChI=1S/C21H25N3O2.ClH/c1-13(2)12-18-16-9-5-4-8-15(16)17-10-6-7-11-19(17)24(21(18)26)23-20(25)14(3)22;/h4-11,13-14,18H,12,22H2,1-3H3,(H,23,25);1H/t14-,18?;/m0./s1. The zero-order chi connectivity index (χ0) is 18.8. The maximum atomic E-state index is 13.4. The maximum Gasteiger partial charge on any atom is 0.255 e. The summed E-state index contributed by atoms with van der Waals surface area (Å²) in [6.07, 6.45) is 0.703. The molecule has 0 saturated carbocycles. The van der Waals surface area contributed by atoms with Gasteiger partial charge in [0.05, 0.1) is 17.6 Å². The number of carbonyl (C=O) groups excluding carboxylic acids is 2. The van der Waals surface area contributed by atoms with E-state index < -0.39 is 6.04 Å². The Labute approximate surface area is 166 Å². The van der Waals surface area contributed by atoms with Crippen LogP contribution >= 0.6 is 12.4 Å². The van der Waals surface area contributed by atoms with Gasteiger partial charge in [0.1, 0.15) is 0 Å². The highest BCUT2D eigenvalue weighted by atomic mass is 35.5. The molecule has 3 N–H and O–H groups in total. The number of benzene rings is 2. The van der Waals surface area contributed by atoms with Crippen LogP contribution in [0.2, 0.25) is 0 Å². The van der Waals surface area contributed by atoms with E-state index >= 15 is 0 Å². The molecule has 0 saturated heterocycles. The Kier molecular flexibility index (Phi) is 6.63. The van der Waals surface area contributed by atoms with Crippen LogP contribution in [0.15, 0.2) is 48.5 Å². The summed E-state index contributed by atoms with van der Waals surface area (Å²) in [5.74, 6) is -0.510. The molecule has 6 heteroatoms. The van der Waals surface area contributed by atoms with E-state index in [0.717, 1.165) is 16.7 Å². The van der Waals surface area contributed by atoms with Crippen molar-refractivity contribution in [1.29, 1.82) is 0 Å². The van der Waals surface area contributed by atoms with Crippen molar-refractivity contribution in [2.75, 3.05) is 5.01 Å². The van der Waals surface area contributed by atoms with Crippen molar-refractivity contribution < 1.29 is 9.59 Å². The largest absolute Gasteiger partial charge is 0.320 e. The normalized spacial score (nSPS) is 16.7. The van der Waals surface area contributed by atoms with Crippen LogP contribution in [0.25, 0.3) is 11.1 Å². The van der Waals surface area contributed by atoms with Gasteiger partial charge in [-0.2, -0.15) is 0 Å². The smallest absolute Gasteiger partial charge is 0.255 e. The molecular formula is C21H26ClN3O2. The minimum Gasteiger partial charge on any atom is -0.320 e. The van der Waals surface area contributed by atoms with Crippen LogP contribution in [-0.4, -0.2) is 17.9 Å². The van der Waals surface area contributed by atoms with Gasteiger partial charge in [0.15, 0.2) is 0 Å². The molecule has 3 rings (SSSR count). The Morgan fingerprint density at radius 2 is 1.67 bits per heavy atom. The summed E-state index contributed by atoms with van der Waals surface area (Å²) < 4.78 is 0. The van der Waals surface area contributed by atoms with Crippen LogP contribution < -0.4 is 16.2 Å². The fourth-order valence-electron chi connectivity index (χ4n) is 3.38. The summed E-state index contributed by atoms with van der Waals surface area (Å²) in [7, 11) is 0. The molecule has 1 aliphatic rings. The first-order valence-electron chi connectivity index (χ1n) is 8.98. The Morgan fingerprint density at radius 1 is 1.07 bits per heavy atom. The highest BCUT2D eigenvalue weighted by Gasteiger charge is 2.35. The van der Waals surface area contributed by atoms with E-state index in [-0.39, 0.29) is 30.1 Å². The molecule has 1 heterocycles. The Hall–Kier alpha value is -2.37. The third-order valence-corrected chi connectivity index (χ3v) is 4.63. The van der Waals surface area contributed by atoms with Gasteiger partial charge < -0.3 is 5.73 Å². The summed E-state index contributed by atoms with van der Waals surface area (Å²) in [4.78, 5) is 25.7. The number of halogens is 1. The molecule has 5 nitrogen and oxygen atoms in total. The minimum atomic E-state index is -0.705. The van der Waals surface area contributed by atoms with E-state index in [1.165, 1.54) is 5.01 Å². The number of amides is 2. The molecule has 0 bridgehead atoms. The second kappa shape index (κ2) is 8.55. The molecule has 0 aliphatic carbocycles. The number of nitrogens with zero attached hydrogens (tertiary/aromatic N) is 1. The zero-order valence-corrected chi connectivity index (χ0v) is 16.6. The monoisotopic (exact) mass is 387 g/mol. The van der Waals surface area contributed by atoms with Crippen molar-refractivity contribution in [1.82, 2.24) is 5.43 Å². The number of fused-ring (bicyclic) bond motifs is 3. The third kappa shape index (κ3) is 4.15. The Morgan fingerprint density at radius 3 is 2.30 bits per heavy atom. The minimum absolute atomic E-state index is 0. The van der Waals surface area contributed by atoms with Crippen molar-refractivity contribution in [3.8, 4) is 11.1 Å². The number of hydrazine groups is 1. The molecule has 2 aromatic rings. The average molecular weight is 388 g/mol. The third-order valence-electron chi connectivity index (χ3n) is 4.63. The number of para-hydroxylation sites is 1. The fourth-order valence-corrected chi connectivity index (χ4v) is 3.38. The lowest BCUT2D eigenvalue weighted by molar-refractivity contribution is -0.127. The van der Waals surface area contributed by atoms with E-state index in [9.17, 15) is 9.59 Å². The SMILES string of the molecule is CC(C)CC1C(=O)N(NC(=O)[C@H](C)N)c2ccccc2-c2ccccc21.Cl. The van der Waals surface area contributed by atoms with Crippen molar-refractivity contribution in [3.05, 3.63) is 54.1 Å². The lowest BCUT2D eigenvalue weighted by Crippen LogP contribution is -2.52. The Bertz CT molecular complexity index is 836. The lowest BCUT2D eigenvalue weighted by atomic mass is 9.86. The molecule has 2 amide bonds. The molecule has 0 aromatic heterocycles. The van der Waals surface area contributed by atoms with E-state index in [4.69, 9.17) is 5.73 Å². The van der Waals surface area contributed by atoms with Crippen molar-refractivity contribution in [2.45, 2.75) is 39.2 Å². The number of nitrogens with one attached hydrogen (secondary N) is 1. The van der Waals surface area contributed by atoms with E-state index in [1.807, 2.05) is 48.5 Å². The van der Waals surface area contributed by atoms with Gasteiger partial charge in [-0.15, -0.1) is 12.4 Å². The first-order valence-corrected chi connectivity index (χ1v) is 8.98. The molecule has 27 heavy (non-hydrogen) atoms. The molecule has 1 unspecified atom stereocenters. The van der Waals surface area contributed by atoms with Gasteiger partial charge >= 0.3 is 0 Å². The first-order chi connectivity index (χ1) is 12.4. The maximum absolute atomic E-state index is 13.4. The quantitative estimate of drug-likeness (QED) is 0.841. The fraction of sp³-hybridized carbons (Fsp3) is 0.333. The molecule has 2 atom stereocenters. The molecular weight excluding hydrogens is 362 g/mol. The van der Waals surface area contributed by atoms with Gasteiger partial charge in [-0.1, -0.05) is 56.3 Å². The molecule has 1 aliphatic heterocycles. The molecule has 0 spiro atoms. The number of anilines is 1. The van der Waals surface area contributed by atoms with Gasteiger partial charge in [0, 0.05) is 5.56 Å². The number of hydrogen-bond donors (Lipinski definition) is 2. The van der Waals surface area contributed by atoms with Crippen LogP contribution in [-0.2, 0) is 9.59 Å². The second-order valence-corrected chi connectivity index (χ2v) is 7.22. The van der Waals surface area contributed by atoms with Gasteiger partial charge in [-0.25, -0.2) is 5.01 Å². The van der Waals surface area contributed by atoms with E-state index in [1.54, 1.807) is 6.92 Å². The molecule has 0 fully saturated rings. The van der Waals surface area contributed by atoms with Crippen LogP contribution in [0.3, 0.4) is 0 Å². The summed E-state index contributed by atoms with van der Waals surface area (Å²) in [5, 5.41) is 1.38. The summed E-state index contributed by atoms with van der Waals surface area (Å²) in [6.45, 7) is 5.79. The number of hydrogen-bond acceptors (Lipinski definition) is 3. The average Bonchev–Trinajstić information content (AvgIpc) is 2.71. The van der Waals surface area contributed by atoms with Crippen LogP contribution in [0.5, 0.6) is 0 Å². The highest BCUT2D eigenvalue weighted by molar-refractivity contribution is 6.06. The zero-order valence-electron chi connectivity index (χ0n) is 15.8. The van der Waals surface area contributed by atoms with E-state index in [0.29, 0.717) is 18.0 Å². The summed E-state index contributed by atoms with van der Waals surface area (Å²) >= 11 is 0. The molecule has 2 aromatic carbocycles. The van der Waals surface area contributed by atoms with Crippen LogP contribution in [0.1, 0.15) is 38.7 Å². The van der Waals surface area contributed by atoms with Gasteiger partial charge in [0.2, 0.25) is 0 Å². The van der Waals surface area contributed by atoms with E-state index in [2.05, 4.69) is 19.3 Å². The van der Waals surface area contributed by atoms with Gasteiger partial charge in [-0.3, -0.25) is 15.0 Å². The summed E-state index contributed by atoms with van der Waals surface area (Å²) in [6, 6.07) is 14.9. The van der Waals surface area contributed by atoms with Gasteiger partial charge in [-0.05, 0) is 36.5 Å². The van der Waals surface area contributed by atoms with Gasteiger partial charge in [0.25, 0.3) is 11.8 Å². The van der Waals surface area contributed by atoms with Crippen molar-refractivity contribution in [3.63, 3.8) is 0 Å². The van der Waals surface area contributed by atoms with Crippen LogP contribution in [0, 0.1) is 5.92 Å². The molecule has 144 valence electrons. The predicted octanol–water partition coefficient (Wildman–Crippen LogP) is 3.63. The number of nitrogens with two attached hydrogens (primary N) is 1. The lowest BCUT2D eigenvalue weighted by Gasteiger charge is -2.27. The number of rotatable bonds is 4. The van der Waals surface area contributed by atoms with Crippen molar-refractivity contribution >= 4 is 29.9 Å².